The Morgan fingerprint density at radius 1 is 1.32 bits per heavy atom. The Labute approximate surface area is 122 Å². The van der Waals surface area contributed by atoms with Gasteiger partial charge in [0.1, 0.15) is 11.6 Å². The van der Waals surface area contributed by atoms with Crippen molar-refractivity contribution in [1.29, 1.82) is 0 Å². The third kappa shape index (κ3) is 4.69. The summed E-state index contributed by atoms with van der Waals surface area (Å²) in [5, 5.41) is 3.26. The maximum Gasteiger partial charge on any atom is 0.144 e. The van der Waals surface area contributed by atoms with E-state index in [1.54, 1.807) is 12.1 Å². The van der Waals surface area contributed by atoms with Gasteiger partial charge < -0.3 is 5.32 Å². The molecule has 0 aliphatic carbocycles. The van der Waals surface area contributed by atoms with E-state index in [-0.39, 0.29) is 23.4 Å². The number of benzene rings is 1. The number of carbonyl (C=O) groups is 1. The molecule has 1 atom stereocenters. The Balaban J connectivity index is 3.00. The second kappa shape index (κ2) is 7.15. The lowest BCUT2D eigenvalue weighted by Gasteiger charge is -2.20. The SMILES string of the molecule is CC(C)NC[C@@H](C(=O)C(C)C)c1ccc(Br)c(F)c1. The first-order chi connectivity index (χ1) is 8.82. The van der Waals surface area contributed by atoms with E-state index in [0.29, 0.717) is 17.1 Å². The molecule has 0 saturated carbocycles. The molecule has 0 aliphatic rings. The Kier molecular flexibility index (Phi) is 6.14. The number of rotatable bonds is 6. The summed E-state index contributed by atoms with van der Waals surface area (Å²) in [6.07, 6.45) is 0. The molecule has 0 fully saturated rings. The second-order valence-electron chi connectivity index (χ2n) is 5.35. The van der Waals surface area contributed by atoms with Gasteiger partial charge in [-0.25, -0.2) is 4.39 Å². The standard InChI is InChI=1S/C15H21BrFNO/c1-9(2)15(19)12(8-18-10(3)4)11-5-6-13(16)14(17)7-11/h5-7,9-10,12,18H,8H2,1-4H3/t12-/m1/s1. The average Bonchev–Trinajstić information content (AvgIpc) is 2.33. The molecule has 0 amide bonds. The fourth-order valence-electron chi connectivity index (χ4n) is 1.87. The predicted molar refractivity (Wildman–Crippen MR) is 79.8 cm³/mol. The van der Waals surface area contributed by atoms with Crippen molar-refractivity contribution in [3.8, 4) is 0 Å². The van der Waals surface area contributed by atoms with E-state index in [9.17, 15) is 9.18 Å². The van der Waals surface area contributed by atoms with Gasteiger partial charge in [-0.05, 0) is 33.6 Å². The van der Waals surface area contributed by atoms with Crippen molar-refractivity contribution >= 4 is 21.7 Å². The summed E-state index contributed by atoms with van der Waals surface area (Å²) in [7, 11) is 0. The molecule has 1 rings (SSSR count). The van der Waals surface area contributed by atoms with Crippen molar-refractivity contribution in [2.24, 2.45) is 5.92 Å². The first kappa shape index (κ1) is 16.3. The van der Waals surface area contributed by atoms with Crippen LogP contribution in [-0.2, 0) is 4.79 Å². The number of hydrogen-bond acceptors (Lipinski definition) is 2. The molecule has 0 unspecified atom stereocenters. The van der Waals surface area contributed by atoms with Crippen LogP contribution in [0, 0.1) is 11.7 Å². The Morgan fingerprint density at radius 3 is 2.42 bits per heavy atom. The largest absolute Gasteiger partial charge is 0.313 e. The molecule has 0 radical (unpaired) electrons. The van der Waals surface area contributed by atoms with Crippen LogP contribution in [0.2, 0.25) is 0 Å². The molecule has 1 aromatic rings. The van der Waals surface area contributed by atoms with Gasteiger partial charge in [-0.15, -0.1) is 0 Å². The lowest BCUT2D eigenvalue weighted by Crippen LogP contribution is -2.33. The zero-order chi connectivity index (χ0) is 14.6. The molecular formula is C15H21BrFNO. The minimum Gasteiger partial charge on any atom is -0.313 e. The molecule has 0 saturated heterocycles. The van der Waals surface area contributed by atoms with Gasteiger partial charge >= 0.3 is 0 Å². The number of hydrogen-bond donors (Lipinski definition) is 1. The van der Waals surface area contributed by atoms with E-state index in [0.717, 1.165) is 5.56 Å². The summed E-state index contributed by atoms with van der Waals surface area (Å²) in [5.74, 6) is -0.561. The van der Waals surface area contributed by atoms with Crippen molar-refractivity contribution in [1.82, 2.24) is 5.32 Å². The summed E-state index contributed by atoms with van der Waals surface area (Å²) < 4.78 is 14.0. The molecule has 0 spiro atoms. The normalized spacial score (nSPS) is 13.1. The second-order valence-corrected chi connectivity index (χ2v) is 6.20. The van der Waals surface area contributed by atoms with E-state index in [2.05, 4.69) is 21.2 Å². The first-order valence-electron chi connectivity index (χ1n) is 6.55. The molecule has 106 valence electrons. The van der Waals surface area contributed by atoms with Crippen molar-refractivity contribution in [2.75, 3.05) is 6.54 Å². The van der Waals surface area contributed by atoms with Crippen molar-refractivity contribution < 1.29 is 9.18 Å². The number of Topliss-reactive ketones (excluding diaryl/α,β-unsaturated/α-hetero) is 1. The maximum absolute atomic E-state index is 13.6. The summed E-state index contributed by atoms with van der Waals surface area (Å²) in [6, 6.07) is 5.19. The van der Waals surface area contributed by atoms with Crippen LogP contribution in [0.25, 0.3) is 0 Å². The minimum absolute atomic E-state index is 0.0642. The fourth-order valence-corrected chi connectivity index (χ4v) is 2.11. The highest BCUT2D eigenvalue weighted by Crippen LogP contribution is 2.24. The molecule has 1 N–H and O–H groups in total. The van der Waals surface area contributed by atoms with Gasteiger partial charge in [0.25, 0.3) is 0 Å². The Hall–Kier alpha value is -0.740. The van der Waals surface area contributed by atoms with Gasteiger partial charge in [-0.1, -0.05) is 33.8 Å². The van der Waals surface area contributed by atoms with E-state index in [4.69, 9.17) is 0 Å². The molecule has 19 heavy (non-hydrogen) atoms. The molecule has 0 heterocycles. The zero-order valence-electron chi connectivity index (χ0n) is 11.8. The van der Waals surface area contributed by atoms with Crippen LogP contribution in [-0.4, -0.2) is 18.4 Å². The lowest BCUT2D eigenvalue weighted by atomic mass is 9.88. The van der Waals surface area contributed by atoms with Gasteiger partial charge in [-0.3, -0.25) is 4.79 Å². The predicted octanol–water partition coefficient (Wildman–Crippen LogP) is 3.89. The highest BCUT2D eigenvalue weighted by atomic mass is 79.9. The summed E-state index contributed by atoms with van der Waals surface area (Å²) in [6.45, 7) is 8.34. The van der Waals surface area contributed by atoms with Crippen LogP contribution >= 0.6 is 15.9 Å². The van der Waals surface area contributed by atoms with Crippen molar-refractivity contribution in [2.45, 2.75) is 39.7 Å². The van der Waals surface area contributed by atoms with E-state index in [1.807, 2.05) is 27.7 Å². The third-order valence-electron chi connectivity index (χ3n) is 2.99. The van der Waals surface area contributed by atoms with Crippen LogP contribution in [0.1, 0.15) is 39.2 Å². The third-order valence-corrected chi connectivity index (χ3v) is 3.63. The van der Waals surface area contributed by atoms with Crippen LogP contribution in [0.5, 0.6) is 0 Å². The zero-order valence-corrected chi connectivity index (χ0v) is 13.4. The summed E-state index contributed by atoms with van der Waals surface area (Å²) >= 11 is 3.13. The van der Waals surface area contributed by atoms with Crippen LogP contribution in [0.15, 0.2) is 22.7 Å². The Morgan fingerprint density at radius 2 is 1.95 bits per heavy atom. The number of halogens is 2. The lowest BCUT2D eigenvalue weighted by molar-refractivity contribution is -0.123. The van der Waals surface area contributed by atoms with E-state index >= 15 is 0 Å². The van der Waals surface area contributed by atoms with Crippen molar-refractivity contribution in [3.05, 3.63) is 34.1 Å². The molecule has 0 bridgehead atoms. The van der Waals surface area contributed by atoms with E-state index < -0.39 is 0 Å². The van der Waals surface area contributed by atoms with Gasteiger partial charge in [0.05, 0.1) is 10.4 Å². The minimum atomic E-state index is -0.330. The summed E-state index contributed by atoms with van der Waals surface area (Å²) in [4.78, 5) is 12.3. The number of ketones is 1. The molecule has 1 aromatic carbocycles. The average molecular weight is 330 g/mol. The first-order valence-corrected chi connectivity index (χ1v) is 7.34. The molecule has 4 heteroatoms. The summed E-state index contributed by atoms with van der Waals surface area (Å²) in [5.41, 5.74) is 0.729. The number of carbonyl (C=O) groups excluding carboxylic acids is 1. The molecule has 2 nitrogen and oxygen atoms in total. The highest BCUT2D eigenvalue weighted by Gasteiger charge is 2.23. The molecule has 0 aromatic heterocycles. The quantitative estimate of drug-likeness (QED) is 0.857. The molecular weight excluding hydrogens is 309 g/mol. The topological polar surface area (TPSA) is 29.1 Å². The fraction of sp³-hybridized carbons (Fsp3) is 0.533. The number of nitrogens with one attached hydrogen (secondary N) is 1. The van der Waals surface area contributed by atoms with Gasteiger partial charge in [0.15, 0.2) is 0 Å². The van der Waals surface area contributed by atoms with Crippen LogP contribution < -0.4 is 5.32 Å². The highest BCUT2D eigenvalue weighted by molar-refractivity contribution is 9.10. The Bertz CT molecular complexity index is 446. The van der Waals surface area contributed by atoms with Gasteiger partial charge in [0.2, 0.25) is 0 Å². The molecule has 0 aliphatic heterocycles. The van der Waals surface area contributed by atoms with Crippen LogP contribution in [0.4, 0.5) is 4.39 Å². The van der Waals surface area contributed by atoms with E-state index in [1.165, 1.54) is 6.07 Å². The monoisotopic (exact) mass is 329 g/mol. The van der Waals surface area contributed by atoms with Gasteiger partial charge in [-0.2, -0.15) is 0 Å². The van der Waals surface area contributed by atoms with Crippen molar-refractivity contribution in [3.63, 3.8) is 0 Å². The smallest absolute Gasteiger partial charge is 0.144 e. The maximum atomic E-state index is 13.6. The van der Waals surface area contributed by atoms with Crippen LogP contribution in [0.3, 0.4) is 0 Å². The van der Waals surface area contributed by atoms with Gasteiger partial charge in [0, 0.05) is 18.5 Å².